The summed E-state index contributed by atoms with van der Waals surface area (Å²) in [5, 5.41) is 16.1. The molecule has 0 radical (unpaired) electrons. The van der Waals surface area contributed by atoms with Gasteiger partial charge in [-0.25, -0.2) is 4.39 Å². The van der Waals surface area contributed by atoms with Gasteiger partial charge in [-0.1, -0.05) is 12.2 Å². The van der Waals surface area contributed by atoms with Crippen molar-refractivity contribution in [2.24, 2.45) is 28.8 Å². The lowest BCUT2D eigenvalue weighted by Gasteiger charge is -2.13. The first-order valence-electron chi connectivity index (χ1n) is 9.08. The number of furan rings is 1. The number of nitrogens with zero attached hydrogens (tertiary/aromatic N) is 3. The van der Waals surface area contributed by atoms with Crippen LogP contribution in [0.4, 0.5) is 10.1 Å². The maximum absolute atomic E-state index is 13.3. The second-order valence-electron chi connectivity index (χ2n) is 7.35. The smallest absolute Gasteiger partial charge is 0.283 e. The minimum atomic E-state index is -0.728. The number of rotatable bonds is 4. The monoisotopic (exact) mass is 395 g/mol. The molecule has 1 aromatic heterocycles. The number of hydrazone groups is 1. The van der Waals surface area contributed by atoms with Gasteiger partial charge in [-0.3, -0.25) is 19.7 Å². The number of carbonyl (C=O) groups excluding carboxylic acids is 2. The zero-order chi connectivity index (χ0) is 20.3. The largest absolute Gasteiger partial charge is 0.455 e. The van der Waals surface area contributed by atoms with E-state index in [0.29, 0.717) is 0 Å². The Labute approximate surface area is 163 Å². The van der Waals surface area contributed by atoms with E-state index in [-0.39, 0.29) is 52.6 Å². The van der Waals surface area contributed by atoms with Crippen molar-refractivity contribution in [3.05, 3.63) is 64.2 Å². The van der Waals surface area contributed by atoms with Crippen LogP contribution in [0, 0.1) is 39.6 Å². The van der Waals surface area contributed by atoms with Crippen LogP contribution in [0.5, 0.6) is 0 Å². The van der Waals surface area contributed by atoms with Crippen molar-refractivity contribution >= 4 is 23.7 Å². The molecule has 29 heavy (non-hydrogen) atoms. The first kappa shape index (κ1) is 17.5. The topological polar surface area (TPSA) is 106 Å². The first-order valence-corrected chi connectivity index (χ1v) is 9.08. The Bertz CT molecular complexity index is 1090. The number of nitro groups is 1. The molecule has 4 atom stereocenters. The average Bonchev–Trinajstić information content (AvgIpc) is 3.46. The fourth-order valence-electron chi connectivity index (χ4n) is 4.55. The zero-order valence-corrected chi connectivity index (χ0v) is 14.9. The molecule has 2 aromatic rings. The van der Waals surface area contributed by atoms with E-state index in [9.17, 15) is 24.1 Å². The van der Waals surface area contributed by atoms with Crippen LogP contribution in [0.2, 0.25) is 0 Å². The van der Waals surface area contributed by atoms with Crippen LogP contribution in [-0.4, -0.2) is 28.0 Å². The molecule has 2 aliphatic carbocycles. The molecule has 2 heterocycles. The van der Waals surface area contributed by atoms with Gasteiger partial charge in [0.1, 0.15) is 17.3 Å². The highest BCUT2D eigenvalue weighted by Crippen LogP contribution is 2.52. The van der Waals surface area contributed by atoms with E-state index in [1.807, 2.05) is 12.2 Å². The molecule has 3 aliphatic rings. The van der Waals surface area contributed by atoms with Gasteiger partial charge in [-0.05, 0) is 42.5 Å². The summed E-state index contributed by atoms with van der Waals surface area (Å²) in [6, 6.07) is 6.15. The number of amides is 2. The Balaban J connectivity index is 1.39. The van der Waals surface area contributed by atoms with Crippen molar-refractivity contribution in [2.45, 2.75) is 6.42 Å². The van der Waals surface area contributed by atoms with E-state index in [2.05, 4.69) is 5.10 Å². The molecule has 2 fully saturated rings. The van der Waals surface area contributed by atoms with E-state index in [1.165, 1.54) is 24.4 Å². The normalized spacial score (nSPS) is 27.4. The van der Waals surface area contributed by atoms with E-state index >= 15 is 0 Å². The lowest BCUT2D eigenvalue weighted by atomic mass is 9.85. The van der Waals surface area contributed by atoms with E-state index in [0.717, 1.165) is 23.6 Å². The van der Waals surface area contributed by atoms with Crippen molar-refractivity contribution in [2.75, 3.05) is 0 Å². The fraction of sp³-hybridized carbons (Fsp3) is 0.250. The number of allylic oxidation sites excluding steroid dienone is 2. The minimum Gasteiger partial charge on any atom is -0.455 e. The summed E-state index contributed by atoms with van der Waals surface area (Å²) < 4.78 is 18.9. The number of fused-ring (bicyclic) bond motifs is 5. The highest BCUT2D eigenvalue weighted by atomic mass is 19.1. The molecule has 0 spiro atoms. The molecule has 1 saturated heterocycles. The van der Waals surface area contributed by atoms with Crippen molar-refractivity contribution < 1.29 is 23.3 Å². The molecule has 9 heteroatoms. The highest BCUT2D eigenvalue weighted by Gasteiger charge is 2.59. The Morgan fingerprint density at radius 2 is 1.83 bits per heavy atom. The maximum atomic E-state index is 13.3. The summed E-state index contributed by atoms with van der Waals surface area (Å²) in [6.45, 7) is 0. The highest BCUT2D eigenvalue weighted by molar-refractivity contribution is 6.06. The van der Waals surface area contributed by atoms with Gasteiger partial charge in [-0.15, -0.1) is 0 Å². The molecule has 0 N–H and O–H groups in total. The average molecular weight is 395 g/mol. The zero-order valence-electron chi connectivity index (χ0n) is 14.9. The third-order valence-corrected chi connectivity index (χ3v) is 5.80. The predicted molar refractivity (Wildman–Crippen MR) is 97.9 cm³/mol. The molecule has 146 valence electrons. The molecule has 8 nitrogen and oxygen atoms in total. The van der Waals surface area contributed by atoms with Crippen LogP contribution in [-0.2, 0) is 9.59 Å². The molecule has 1 aliphatic heterocycles. The Morgan fingerprint density at radius 3 is 2.48 bits per heavy atom. The van der Waals surface area contributed by atoms with Crippen LogP contribution >= 0.6 is 0 Å². The quantitative estimate of drug-likeness (QED) is 0.260. The van der Waals surface area contributed by atoms with Gasteiger partial charge < -0.3 is 4.42 Å². The summed E-state index contributed by atoms with van der Waals surface area (Å²) in [7, 11) is 0. The second-order valence-corrected chi connectivity index (χ2v) is 7.35. The number of imide groups is 1. The Hall–Kier alpha value is -3.62. The maximum Gasteiger partial charge on any atom is 0.283 e. The Morgan fingerprint density at radius 1 is 1.14 bits per heavy atom. The molecule has 1 aromatic carbocycles. The number of nitro benzene ring substituents is 1. The minimum absolute atomic E-state index is 0.0934. The van der Waals surface area contributed by atoms with Crippen LogP contribution in [0.1, 0.15) is 12.2 Å². The summed E-state index contributed by atoms with van der Waals surface area (Å²) in [5.41, 5.74) is -0.315. The van der Waals surface area contributed by atoms with Gasteiger partial charge in [0.05, 0.1) is 34.6 Å². The van der Waals surface area contributed by atoms with E-state index < -0.39 is 16.4 Å². The number of carbonyl (C=O) groups is 2. The van der Waals surface area contributed by atoms with Gasteiger partial charge in [-0.2, -0.15) is 10.1 Å². The van der Waals surface area contributed by atoms with Crippen LogP contribution in [0.25, 0.3) is 11.3 Å². The van der Waals surface area contributed by atoms with Crippen molar-refractivity contribution in [1.29, 1.82) is 0 Å². The Kier molecular flexibility index (Phi) is 3.73. The lowest BCUT2D eigenvalue weighted by molar-refractivity contribution is -0.384. The number of hydrogen-bond acceptors (Lipinski definition) is 6. The van der Waals surface area contributed by atoms with Crippen LogP contribution < -0.4 is 0 Å². The fourth-order valence-corrected chi connectivity index (χ4v) is 4.55. The van der Waals surface area contributed by atoms with Gasteiger partial charge in [0.2, 0.25) is 0 Å². The summed E-state index contributed by atoms with van der Waals surface area (Å²) >= 11 is 0. The third-order valence-electron chi connectivity index (χ3n) is 5.80. The summed E-state index contributed by atoms with van der Waals surface area (Å²) in [6.07, 6.45) is 6.06. The lowest BCUT2D eigenvalue weighted by Crippen LogP contribution is -2.28. The van der Waals surface area contributed by atoms with Gasteiger partial charge in [0.15, 0.2) is 0 Å². The van der Waals surface area contributed by atoms with E-state index in [4.69, 9.17) is 4.42 Å². The standard InChI is InChI=1S/C20H14FN3O5/c21-12-3-5-14(15(8-12)24(27)28)16-6-4-13(29-16)9-22-23-19(25)17-10-1-2-11(7-10)18(17)20(23)26/h1-6,8-11,17-18H,7H2/b22-9-/t10-,11-,17-,18+/m1/s1. The van der Waals surface area contributed by atoms with Crippen LogP contribution in [0.15, 0.2) is 52.0 Å². The van der Waals surface area contributed by atoms with Crippen LogP contribution in [0.3, 0.4) is 0 Å². The third kappa shape index (κ3) is 2.61. The van der Waals surface area contributed by atoms with Gasteiger partial charge >= 0.3 is 0 Å². The van der Waals surface area contributed by atoms with Crippen molar-refractivity contribution in [3.63, 3.8) is 0 Å². The first-order chi connectivity index (χ1) is 13.9. The number of hydrogen-bond donors (Lipinski definition) is 0. The molecule has 2 amide bonds. The SMILES string of the molecule is O=C1[C@@H]2[C@H](C(=O)N1/N=C\c1ccc(-c3ccc(F)cc3[N+](=O)[O-])o1)[C@@H]1C=C[C@@H]2C1. The van der Waals surface area contributed by atoms with Crippen molar-refractivity contribution in [1.82, 2.24) is 5.01 Å². The van der Waals surface area contributed by atoms with Gasteiger partial charge in [0, 0.05) is 0 Å². The van der Waals surface area contributed by atoms with Gasteiger partial charge in [0.25, 0.3) is 17.5 Å². The summed E-state index contributed by atoms with van der Waals surface area (Å²) in [4.78, 5) is 35.7. The second kappa shape index (κ2) is 6.20. The molecule has 1 saturated carbocycles. The number of benzene rings is 1. The molecule has 2 bridgehead atoms. The molecule has 0 unspecified atom stereocenters. The predicted octanol–water partition coefficient (Wildman–Crippen LogP) is 3.13. The number of halogens is 1. The van der Waals surface area contributed by atoms with Crippen molar-refractivity contribution in [3.8, 4) is 11.3 Å². The molecule has 5 rings (SSSR count). The molecular formula is C20H14FN3O5. The van der Waals surface area contributed by atoms with E-state index in [1.54, 1.807) is 0 Å². The summed E-state index contributed by atoms with van der Waals surface area (Å²) in [5.74, 6) is -1.50. The molecular weight excluding hydrogens is 381 g/mol.